The van der Waals surface area contributed by atoms with Gasteiger partial charge in [-0.2, -0.15) is 0 Å². The van der Waals surface area contributed by atoms with Crippen molar-refractivity contribution < 1.29 is 0 Å². The molecule has 0 aliphatic rings. The standard InChI is InChI=1S/C47H88/c1-2-3-4-5-6-7-8-9-10-11-12-13-14-15-16-17-18-19-20-21-22-23-24-25-26-27-28-29-30-31-32-33-34-35-36-37-38-39-41-44-47-45-42-40-43-46-47/h40,42-43,45-46H,2-39,41,44H2,1H3. The fraction of sp³-hybridized carbons (Fsp3) is 0.872. The van der Waals surface area contributed by atoms with Crippen molar-refractivity contribution in [1.82, 2.24) is 0 Å². The zero-order valence-electron chi connectivity index (χ0n) is 32.7. The smallest absolute Gasteiger partial charge is 0.0279 e. The van der Waals surface area contributed by atoms with Crippen molar-refractivity contribution in [2.24, 2.45) is 0 Å². The van der Waals surface area contributed by atoms with Crippen molar-refractivity contribution in [3.05, 3.63) is 35.9 Å². The zero-order chi connectivity index (χ0) is 33.4. The van der Waals surface area contributed by atoms with Crippen molar-refractivity contribution >= 4 is 0 Å². The quantitative estimate of drug-likeness (QED) is 0.0619. The van der Waals surface area contributed by atoms with E-state index < -0.39 is 0 Å². The maximum atomic E-state index is 2.31. The monoisotopic (exact) mass is 653 g/mol. The molecule has 47 heavy (non-hydrogen) atoms. The second-order valence-electron chi connectivity index (χ2n) is 15.7. The molecule has 1 aromatic carbocycles. The third-order valence-electron chi connectivity index (χ3n) is 10.9. The van der Waals surface area contributed by atoms with Gasteiger partial charge >= 0.3 is 0 Å². The van der Waals surface area contributed by atoms with Gasteiger partial charge in [0.05, 0.1) is 0 Å². The summed E-state index contributed by atoms with van der Waals surface area (Å²) in [5.41, 5.74) is 1.51. The molecule has 0 aliphatic carbocycles. The number of hydrogen-bond acceptors (Lipinski definition) is 0. The topological polar surface area (TPSA) is 0 Å². The Morgan fingerprint density at radius 1 is 0.234 bits per heavy atom. The maximum absolute atomic E-state index is 2.31. The van der Waals surface area contributed by atoms with E-state index in [1.165, 1.54) is 262 Å². The lowest BCUT2D eigenvalue weighted by Crippen LogP contribution is -1.86. The van der Waals surface area contributed by atoms with E-state index in [4.69, 9.17) is 0 Å². The summed E-state index contributed by atoms with van der Waals surface area (Å²) in [6.45, 7) is 2.31. The number of hydrogen-bond donors (Lipinski definition) is 0. The summed E-state index contributed by atoms with van der Waals surface area (Å²) in [5.74, 6) is 0. The lowest BCUT2D eigenvalue weighted by atomic mass is 10.0. The molecule has 0 aromatic heterocycles. The Balaban J connectivity index is 1.60. The molecule has 276 valence electrons. The third kappa shape index (κ3) is 36.3. The van der Waals surface area contributed by atoms with Crippen molar-refractivity contribution in [1.29, 1.82) is 0 Å². The summed E-state index contributed by atoms with van der Waals surface area (Å²) < 4.78 is 0. The first-order valence-corrected chi connectivity index (χ1v) is 22.5. The fourth-order valence-corrected chi connectivity index (χ4v) is 7.59. The van der Waals surface area contributed by atoms with Crippen LogP contribution in [0.2, 0.25) is 0 Å². The first-order valence-electron chi connectivity index (χ1n) is 22.5. The SMILES string of the molecule is CCCCCCCCCCCCCCCCCCCCCCCCCCCCCCCCCCCCCCCCCc1ccccc1. The van der Waals surface area contributed by atoms with E-state index in [1.54, 1.807) is 0 Å². The molecule has 1 rings (SSSR count). The van der Waals surface area contributed by atoms with Crippen molar-refractivity contribution in [2.45, 2.75) is 264 Å². The highest BCUT2D eigenvalue weighted by Gasteiger charge is 1.98. The summed E-state index contributed by atoms with van der Waals surface area (Å²) in [5, 5.41) is 0. The minimum absolute atomic E-state index is 1.26. The lowest BCUT2D eigenvalue weighted by Gasteiger charge is -2.05. The van der Waals surface area contributed by atoms with Gasteiger partial charge in [-0.05, 0) is 18.4 Å². The van der Waals surface area contributed by atoms with E-state index in [2.05, 4.69) is 37.3 Å². The average molecular weight is 653 g/mol. The van der Waals surface area contributed by atoms with Crippen molar-refractivity contribution in [2.75, 3.05) is 0 Å². The molecule has 0 saturated carbocycles. The number of rotatable bonds is 40. The third-order valence-corrected chi connectivity index (χ3v) is 10.9. The molecule has 1 aromatic rings. The predicted molar refractivity (Wildman–Crippen MR) is 216 cm³/mol. The van der Waals surface area contributed by atoms with Crippen molar-refractivity contribution in [3.8, 4) is 0 Å². The maximum Gasteiger partial charge on any atom is -0.0279 e. The Bertz CT molecular complexity index is 662. The molecule has 0 N–H and O–H groups in total. The zero-order valence-corrected chi connectivity index (χ0v) is 32.7. The summed E-state index contributed by atoms with van der Waals surface area (Å²) in [6.07, 6.45) is 58.9. The minimum Gasteiger partial charge on any atom is -0.0654 e. The molecule has 0 saturated heterocycles. The van der Waals surface area contributed by atoms with Crippen LogP contribution in [-0.4, -0.2) is 0 Å². The summed E-state index contributed by atoms with van der Waals surface area (Å²) >= 11 is 0. The molecule has 0 heterocycles. The van der Waals surface area contributed by atoms with Gasteiger partial charge in [-0.15, -0.1) is 0 Å². The van der Waals surface area contributed by atoms with Crippen LogP contribution in [0.3, 0.4) is 0 Å². The highest BCUT2D eigenvalue weighted by Crippen LogP contribution is 2.18. The van der Waals surface area contributed by atoms with E-state index in [9.17, 15) is 0 Å². The Kier molecular flexibility index (Phi) is 37.3. The summed E-state index contributed by atoms with van der Waals surface area (Å²) in [7, 11) is 0. The Labute approximate surface area is 298 Å². The average Bonchev–Trinajstić information content (AvgIpc) is 3.09. The van der Waals surface area contributed by atoms with Crippen LogP contribution in [-0.2, 0) is 6.42 Å². The molecule has 0 bridgehead atoms. The van der Waals surface area contributed by atoms with E-state index >= 15 is 0 Å². The van der Waals surface area contributed by atoms with E-state index in [1.807, 2.05) is 0 Å². The van der Waals surface area contributed by atoms with Gasteiger partial charge in [-0.3, -0.25) is 0 Å². The molecule has 0 atom stereocenters. The molecule has 0 heteroatoms. The Morgan fingerprint density at radius 3 is 0.638 bits per heavy atom. The Hall–Kier alpha value is -0.780. The van der Waals surface area contributed by atoms with Gasteiger partial charge in [0.15, 0.2) is 0 Å². The van der Waals surface area contributed by atoms with Crippen molar-refractivity contribution in [3.63, 3.8) is 0 Å². The van der Waals surface area contributed by atoms with Crippen LogP contribution in [0.4, 0.5) is 0 Å². The van der Waals surface area contributed by atoms with Gasteiger partial charge in [0.2, 0.25) is 0 Å². The van der Waals surface area contributed by atoms with Crippen LogP contribution in [0.25, 0.3) is 0 Å². The van der Waals surface area contributed by atoms with Gasteiger partial charge in [-0.1, -0.05) is 281 Å². The normalized spacial score (nSPS) is 11.5. The second-order valence-corrected chi connectivity index (χ2v) is 15.7. The number of aryl methyl sites for hydroxylation is 1. The van der Waals surface area contributed by atoms with Crippen LogP contribution >= 0.6 is 0 Å². The summed E-state index contributed by atoms with van der Waals surface area (Å²) in [6, 6.07) is 11.0. The molecule has 0 unspecified atom stereocenters. The molecule has 0 aliphatic heterocycles. The van der Waals surface area contributed by atoms with Crippen LogP contribution in [0.1, 0.15) is 263 Å². The molecule has 0 spiro atoms. The predicted octanol–water partition coefficient (Wildman–Crippen LogP) is 17.5. The van der Waals surface area contributed by atoms with E-state index in [0.717, 1.165) is 0 Å². The first-order chi connectivity index (χ1) is 23.4. The van der Waals surface area contributed by atoms with Gasteiger partial charge in [-0.25, -0.2) is 0 Å². The molecule has 0 amide bonds. The van der Waals surface area contributed by atoms with Gasteiger partial charge in [0.1, 0.15) is 0 Å². The largest absolute Gasteiger partial charge is 0.0654 e. The number of benzene rings is 1. The summed E-state index contributed by atoms with van der Waals surface area (Å²) in [4.78, 5) is 0. The molecule has 0 radical (unpaired) electrons. The van der Waals surface area contributed by atoms with Crippen LogP contribution in [0.15, 0.2) is 30.3 Å². The second kappa shape index (κ2) is 39.7. The minimum atomic E-state index is 1.26. The molecule has 0 fully saturated rings. The van der Waals surface area contributed by atoms with Gasteiger partial charge in [0, 0.05) is 0 Å². The molecular weight excluding hydrogens is 565 g/mol. The molecule has 0 nitrogen and oxygen atoms in total. The van der Waals surface area contributed by atoms with Crippen LogP contribution in [0, 0.1) is 0 Å². The first kappa shape index (κ1) is 44.2. The lowest BCUT2D eigenvalue weighted by molar-refractivity contribution is 0.509. The van der Waals surface area contributed by atoms with Crippen LogP contribution in [0.5, 0.6) is 0 Å². The highest BCUT2D eigenvalue weighted by molar-refractivity contribution is 5.14. The number of unbranched alkanes of at least 4 members (excludes halogenated alkanes) is 38. The highest BCUT2D eigenvalue weighted by atomic mass is 14.0. The molecular formula is C47H88. The fourth-order valence-electron chi connectivity index (χ4n) is 7.59. The van der Waals surface area contributed by atoms with Gasteiger partial charge in [0.25, 0.3) is 0 Å². The van der Waals surface area contributed by atoms with Crippen LogP contribution < -0.4 is 0 Å². The van der Waals surface area contributed by atoms with Gasteiger partial charge < -0.3 is 0 Å². The van der Waals surface area contributed by atoms with E-state index in [0.29, 0.717) is 0 Å². The van der Waals surface area contributed by atoms with E-state index in [-0.39, 0.29) is 0 Å². The Morgan fingerprint density at radius 2 is 0.426 bits per heavy atom.